The first kappa shape index (κ1) is 73.1. The van der Waals surface area contributed by atoms with Gasteiger partial charge in [-0.05, 0) is 103 Å². The van der Waals surface area contributed by atoms with Crippen molar-refractivity contribution >= 4 is 17.9 Å². The van der Waals surface area contributed by atoms with Gasteiger partial charge >= 0.3 is 17.9 Å². The van der Waals surface area contributed by atoms with Crippen LogP contribution in [0.3, 0.4) is 0 Å². The normalized spacial score (nSPS) is 12.8. The van der Waals surface area contributed by atoms with Crippen molar-refractivity contribution in [2.24, 2.45) is 0 Å². The van der Waals surface area contributed by atoms with E-state index in [1.807, 2.05) is 0 Å². The summed E-state index contributed by atoms with van der Waals surface area (Å²) in [5, 5.41) is 0. The van der Waals surface area contributed by atoms with Crippen molar-refractivity contribution in [3.8, 4) is 0 Å². The number of hydrogen-bond acceptors (Lipinski definition) is 6. The fourth-order valence-corrected chi connectivity index (χ4v) is 8.99. The molecule has 0 heterocycles. The van der Waals surface area contributed by atoms with E-state index in [4.69, 9.17) is 14.2 Å². The zero-order valence-electron chi connectivity index (χ0n) is 50.4. The molecule has 77 heavy (non-hydrogen) atoms. The molecule has 0 saturated heterocycles. The van der Waals surface area contributed by atoms with Gasteiger partial charge in [0.1, 0.15) is 13.2 Å². The second-order valence-corrected chi connectivity index (χ2v) is 21.3. The number of esters is 3. The summed E-state index contributed by atoms with van der Waals surface area (Å²) in [5.41, 5.74) is 0. The summed E-state index contributed by atoms with van der Waals surface area (Å²) in [4.78, 5) is 38.3. The molecule has 0 fully saturated rings. The maximum absolute atomic E-state index is 12.9. The molecule has 1 unspecified atom stereocenters. The minimum atomic E-state index is -0.790. The fraction of sp³-hybridized carbons (Fsp3) is 0.704. The number of ether oxygens (including phenoxy) is 3. The lowest BCUT2D eigenvalue weighted by atomic mass is 10.0. The van der Waals surface area contributed by atoms with Crippen molar-refractivity contribution in [2.45, 2.75) is 309 Å². The number of allylic oxidation sites excluding steroid dienone is 18. The molecular formula is C71H120O6. The second-order valence-electron chi connectivity index (χ2n) is 21.3. The van der Waals surface area contributed by atoms with Gasteiger partial charge in [0.05, 0.1) is 0 Å². The number of rotatable bonds is 58. The van der Waals surface area contributed by atoms with Crippen LogP contribution in [0.25, 0.3) is 0 Å². The summed E-state index contributed by atoms with van der Waals surface area (Å²) in [5.74, 6) is -0.909. The van der Waals surface area contributed by atoms with Crippen LogP contribution in [0, 0.1) is 0 Å². The smallest absolute Gasteiger partial charge is 0.306 e. The lowest BCUT2D eigenvalue weighted by Crippen LogP contribution is -2.30. The van der Waals surface area contributed by atoms with Gasteiger partial charge in [-0.3, -0.25) is 14.4 Å². The molecule has 0 bridgehead atoms. The molecule has 1 atom stereocenters. The minimum Gasteiger partial charge on any atom is -0.462 e. The number of carbonyl (C=O) groups is 3. The lowest BCUT2D eigenvalue weighted by Gasteiger charge is -2.18. The molecule has 0 aromatic carbocycles. The third kappa shape index (κ3) is 62.8. The highest BCUT2D eigenvalue weighted by Crippen LogP contribution is 2.16. The molecule has 440 valence electrons. The van der Waals surface area contributed by atoms with Crippen molar-refractivity contribution in [1.29, 1.82) is 0 Å². The molecular weight excluding hydrogens is 949 g/mol. The Kier molecular flexibility index (Phi) is 61.3. The third-order valence-electron chi connectivity index (χ3n) is 13.8. The average molecular weight is 1070 g/mol. The highest BCUT2D eigenvalue weighted by Gasteiger charge is 2.19. The van der Waals surface area contributed by atoms with Crippen LogP contribution in [0.4, 0.5) is 0 Å². The Morgan fingerprint density at radius 1 is 0.273 bits per heavy atom. The predicted molar refractivity (Wildman–Crippen MR) is 334 cm³/mol. The van der Waals surface area contributed by atoms with Crippen LogP contribution in [0.1, 0.15) is 303 Å². The van der Waals surface area contributed by atoms with E-state index in [0.717, 1.165) is 122 Å². The van der Waals surface area contributed by atoms with E-state index < -0.39 is 6.10 Å². The van der Waals surface area contributed by atoms with Gasteiger partial charge in [0, 0.05) is 19.3 Å². The van der Waals surface area contributed by atoms with Crippen LogP contribution in [0.5, 0.6) is 0 Å². The van der Waals surface area contributed by atoms with Crippen LogP contribution in [0.2, 0.25) is 0 Å². The summed E-state index contributed by atoms with van der Waals surface area (Å²) in [6.45, 7) is 6.41. The standard InChI is InChI=1S/C71H120O6/c1-4-7-10-13-16-19-22-25-27-28-29-30-31-32-33-34-35-36-37-38-39-40-41-42-44-46-49-52-55-58-61-64-70(73)76-67-68(66-75-69(72)63-60-57-54-51-48-45-24-21-18-15-12-9-6-3)77-71(74)65-62-59-56-53-50-47-43-26-23-20-17-14-11-8-5-2/h7,9-10,12,16,18-19,21,25,27,29-30,32-33,35-36,45,48,68H,4-6,8,11,13-15,17,20,22-24,26,28,31,34,37-44,46-47,49-67H2,1-3H3/b10-7-,12-9-,19-16-,21-18-,27-25-,30-29-,33-32-,36-35-,48-45-. The highest BCUT2D eigenvalue weighted by atomic mass is 16.6. The van der Waals surface area contributed by atoms with Crippen LogP contribution in [-0.4, -0.2) is 37.2 Å². The van der Waals surface area contributed by atoms with Gasteiger partial charge in [0.25, 0.3) is 0 Å². The van der Waals surface area contributed by atoms with E-state index in [-0.39, 0.29) is 31.1 Å². The molecule has 0 aliphatic carbocycles. The van der Waals surface area contributed by atoms with Gasteiger partial charge in [-0.25, -0.2) is 0 Å². The number of hydrogen-bond donors (Lipinski definition) is 0. The Bertz CT molecular complexity index is 1560. The zero-order valence-corrected chi connectivity index (χ0v) is 50.4. The number of unbranched alkanes of at least 4 members (excludes halogenated alkanes) is 29. The van der Waals surface area contributed by atoms with Gasteiger partial charge in [0.2, 0.25) is 0 Å². The first-order valence-corrected chi connectivity index (χ1v) is 32.4. The van der Waals surface area contributed by atoms with Crippen LogP contribution in [0.15, 0.2) is 109 Å². The van der Waals surface area contributed by atoms with Gasteiger partial charge in [-0.1, -0.05) is 291 Å². The summed E-state index contributed by atoms with van der Waals surface area (Å²) in [6, 6.07) is 0. The number of carbonyl (C=O) groups excluding carboxylic acids is 3. The van der Waals surface area contributed by atoms with Gasteiger partial charge < -0.3 is 14.2 Å². The van der Waals surface area contributed by atoms with E-state index in [1.54, 1.807) is 0 Å². The first-order valence-electron chi connectivity index (χ1n) is 32.4. The summed E-state index contributed by atoms with van der Waals surface area (Å²) in [7, 11) is 0. The van der Waals surface area contributed by atoms with E-state index in [2.05, 4.69) is 130 Å². The van der Waals surface area contributed by atoms with Crippen LogP contribution >= 0.6 is 0 Å². The SMILES string of the molecule is CC/C=C\C/C=C\C/C=C\C/C=C\C/C=C\C/C=C\CCCCCCCCCCCCCCC(=O)OCC(COC(=O)CCCCC/C=C\C/C=C\C/C=C\CC)OC(=O)CCCCCCCCCCCCCCCCC. The Morgan fingerprint density at radius 3 is 0.805 bits per heavy atom. The van der Waals surface area contributed by atoms with Crippen LogP contribution in [-0.2, 0) is 28.6 Å². The maximum atomic E-state index is 12.9. The third-order valence-corrected chi connectivity index (χ3v) is 13.8. The Hall–Kier alpha value is -3.93. The average Bonchev–Trinajstić information content (AvgIpc) is 3.43. The summed E-state index contributed by atoms with van der Waals surface area (Å²) in [6.07, 6.45) is 88.2. The molecule has 6 heteroatoms. The minimum absolute atomic E-state index is 0.0862. The molecule has 0 aromatic heterocycles. The quantitative estimate of drug-likeness (QED) is 0.0261. The molecule has 0 radical (unpaired) electrons. The molecule has 0 aromatic rings. The van der Waals surface area contributed by atoms with Crippen molar-refractivity contribution in [3.63, 3.8) is 0 Å². The van der Waals surface area contributed by atoms with Crippen molar-refractivity contribution in [3.05, 3.63) is 109 Å². The fourth-order valence-electron chi connectivity index (χ4n) is 8.99. The molecule has 0 rings (SSSR count). The monoisotopic (exact) mass is 1070 g/mol. The van der Waals surface area contributed by atoms with E-state index in [1.165, 1.54) is 141 Å². The van der Waals surface area contributed by atoms with Crippen LogP contribution < -0.4 is 0 Å². The van der Waals surface area contributed by atoms with Crippen molar-refractivity contribution < 1.29 is 28.6 Å². The second kappa shape index (κ2) is 64.6. The van der Waals surface area contributed by atoms with Crippen molar-refractivity contribution in [2.75, 3.05) is 13.2 Å². The van der Waals surface area contributed by atoms with E-state index in [9.17, 15) is 14.4 Å². The van der Waals surface area contributed by atoms with E-state index in [0.29, 0.717) is 19.3 Å². The van der Waals surface area contributed by atoms with Gasteiger partial charge in [-0.2, -0.15) is 0 Å². The molecule has 0 saturated carbocycles. The van der Waals surface area contributed by atoms with Crippen molar-refractivity contribution in [1.82, 2.24) is 0 Å². The van der Waals surface area contributed by atoms with E-state index >= 15 is 0 Å². The largest absolute Gasteiger partial charge is 0.462 e. The van der Waals surface area contributed by atoms with Gasteiger partial charge in [0.15, 0.2) is 6.10 Å². The van der Waals surface area contributed by atoms with Gasteiger partial charge in [-0.15, -0.1) is 0 Å². The summed E-state index contributed by atoms with van der Waals surface area (Å²) >= 11 is 0. The lowest BCUT2D eigenvalue weighted by molar-refractivity contribution is -0.167. The molecule has 0 aliphatic heterocycles. The highest BCUT2D eigenvalue weighted by molar-refractivity contribution is 5.71. The predicted octanol–water partition coefficient (Wildman–Crippen LogP) is 22.2. The summed E-state index contributed by atoms with van der Waals surface area (Å²) < 4.78 is 16.9. The first-order chi connectivity index (χ1) is 38.0. The molecule has 0 aliphatic rings. The molecule has 0 spiro atoms. The topological polar surface area (TPSA) is 78.9 Å². The Labute approximate surface area is 476 Å². The molecule has 0 amide bonds. The molecule has 0 N–H and O–H groups in total. The Morgan fingerprint density at radius 2 is 0.506 bits per heavy atom. The Balaban J connectivity index is 4.23. The zero-order chi connectivity index (χ0) is 55.7. The molecule has 6 nitrogen and oxygen atoms in total. The maximum Gasteiger partial charge on any atom is 0.306 e.